The Labute approximate surface area is 169 Å². The Bertz CT molecular complexity index is 564. The van der Waals surface area contributed by atoms with Crippen molar-refractivity contribution in [1.82, 2.24) is 15.5 Å². The molecule has 134 valence electrons. The average Bonchev–Trinajstić information content (AvgIpc) is 3.00. The predicted molar refractivity (Wildman–Crippen MR) is 113 cm³/mol. The molecule has 1 unspecified atom stereocenters. The number of amides is 1. The van der Waals surface area contributed by atoms with E-state index in [1.54, 1.807) is 26.0 Å². The average molecular weight is 510 g/mol. The van der Waals surface area contributed by atoms with Gasteiger partial charge in [-0.15, -0.1) is 24.0 Å². The van der Waals surface area contributed by atoms with E-state index in [-0.39, 0.29) is 36.4 Å². The largest absolute Gasteiger partial charge is 0.369 e. The lowest BCUT2D eigenvalue weighted by molar-refractivity contribution is -0.127. The highest BCUT2D eigenvalue weighted by molar-refractivity contribution is 14.0. The molecule has 0 aliphatic carbocycles. The summed E-state index contributed by atoms with van der Waals surface area (Å²) in [7, 11) is 5.21. The Morgan fingerprint density at radius 1 is 1.38 bits per heavy atom. The Balaban J connectivity index is 0.00000288. The van der Waals surface area contributed by atoms with Crippen molar-refractivity contribution < 1.29 is 4.79 Å². The maximum Gasteiger partial charge on any atom is 0.241 e. The molecule has 1 heterocycles. The molecule has 2 N–H and O–H groups in total. The van der Waals surface area contributed by atoms with Gasteiger partial charge in [-0.25, -0.2) is 0 Å². The summed E-state index contributed by atoms with van der Waals surface area (Å²) in [5, 5.41) is 6.45. The monoisotopic (exact) mass is 509 g/mol. The van der Waals surface area contributed by atoms with Crippen LogP contribution in [0.15, 0.2) is 33.7 Å². The molecular weight excluding hydrogens is 485 g/mol. The van der Waals surface area contributed by atoms with Crippen LogP contribution in [0.3, 0.4) is 0 Å². The Morgan fingerprint density at radius 2 is 2.04 bits per heavy atom. The minimum Gasteiger partial charge on any atom is -0.369 e. The third kappa shape index (κ3) is 6.12. The van der Waals surface area contributed by atoms with E-state index in [0.717, 1.165) is 24.0 Å². The molecule has 1 aliphatic heterocycles. The summed E-state index contributed by atoms with van der Waals surface area (Å²) in [4.78, 5) is 19.7. The lowest BCUT2D eigenvalue weighted by Gasteiger charge is -2.20. The summed E-state index contributed by atoms with van der Waals surface area (Å²) in [5.74, 6) is 0.693. The molecule has 2 rings (SSSR count). The van der Waals surface area contributed by atoms with Crippen LogP contribution in [-0.2, 0) is 4.79 Å². The number of halogens is 2. The third-order valence-electron chi connectivity index (χ3n) is 3.85. The first kappa shape index (κ1) is 21.0. The highest BCUT2D eigenvalue weighted by Crippen LogP contribution is 2.22. The number of guanidine groups is 1. The number of carbonyl (C=O) groups is 1. The molecule has 0 saturated carbocycles. The van der Waals surface area contributed by atoms with Gasteiger partial charge in [0.05, 0.1) is 6.54 Å². The molecular formula is C16H25BrIN5O. The van der Waals surface area contributed by atoms with Gasteiger partial charge in [0.2, 0.25) is 5.91 Å². The molecule has 1 aromatic carbocycles. The molecule has 0 aromatic heterocycles. The van der Waals surface area contributed by atoms with E-state index in [9.17, 15) is 4.79 Å². The van der Waals surface area contributed by atoms with Gasteiger partial charge in [0.15, 0.2) is 5.96 Å². The standard InChI is InChI=1S/C16H24BrN5O.HI/c1-18-16(19-10-15(23)21(2)3)20-13-8-9-22(11-13)14-6-4-12(17)5-7-14;/h4-7,13H,8-11H2,1-3H3,(H2,18,19,20);1H. The van der Waals surface area contributed by atoms with Crippen LogP contribution in [0.4, 0.5) is 5.69 Å². The number of benzene rings is 1. The predicted octanol–water partition coefficient (Wildman–Crippen LogP) is 1.90. The normalized spacial score (nSPS) is 17.2. The lowest BCUT2D eigenvalue weighted by Crippen LogP contribution is -2.47. The van der Waals surface area contributed by atoms with E-state index in [2.05, 4.69) is 60.7 Å². The molecule has 1 aromatic rings. The summed E-state index contributed by atoms with van der Waals surface area (Å²) >= 11 is 3.46. The number of hydrogen-bond donors (Lipinski definition) is 2. The maximum absolute atomic E-state index is 11.6. The maximum atomic E-state index is 11.6. The highest BCUT2D eigenvalue weighted by Gasteiger charge is 2.23. The zero-order valence-corrected chi connectivity index (χ0v) is 18.2. The van der Waals surface area contributed by atoms with Gasteiger partial charge in [-0.3, -0.25) is 9.79 Å². The van der Waals surface area contributed by atoms with Crippen LogP contribution in [0.25, 0.3) is 0 Å². The molecule has 0 radical (unpaired) electrons. The first-order chi connectivity index (χ1) is 11.0. The number of rotatable bonds is 4. The van der Waals surface area contributed by atoms with Gasteiger partial charge in [-0.1, -0.05) is 15.9 Å². The van der Waals surface area contributed by atoms with Crippen molar-refractivity contribution in [1.29, 1.82) is 0 Å². The minimum atomic E-state index is 0. The zero-order valence-electron chi connectivity index (χ0n) is 14.3. The number of likely N-dealkylation sites (N-methyl/N-ethyl adjacent to an activating group) is 1. The Kier molecular flexibility index (Phi) is 8.82. The van der Waals surface area contributed by atoms with Gasteiger partial charge in [-0.05, 0) is 30.7 Å². The van der Waals surface area contributed by atoms with Crippen LogP contribution >= 0.6 is 39.9 Å². The topological polar surface area (TPSA) is 60.0 Å². The highest BCUT2D eigenvalue weighted by atomic mass is 127. The van der Waals surface area contributed by atoms with Gasteiger partial charge in [0, 0.05) is 50.4 Å². The summed E-state index contributed by atoms with van der Waals surface area (Å²) in [5.41, 5.74) is 1.23. The van der Waals surface area contributed by atoms with E-state index in [1.807, 2.05) is 0 Å². The van der Waals surface area contributed by atoms with Crippen molar-refractivity contribution in [2.75, 3.05) is 45.7 Å². The second-order valence-electron chi connectivity index (χ2n) is 5.77. The first-order valence-electron chi connectivity index (χ1n) is 7.67. The van der Waals surface area contributed by atoms with Crippen molar-refractivity contribution in [3.63, 3.8) is 0 Å². The Hall–Kier alpha value is -1.03. The molecule has 8 heteroatoms. The Morgan fingerprint density at radius 3 is 2.62 bits per heavy atom. The fourth-order valence-electron chi connectivity index (χ4n) is 2.47. The van der Waals surface area contributed by atoms with Crippen LogP contribution in [0.5, 0.6) is 0 Å². The van der Waals surface area contributed by atoms with E-state index >= 15 is 0 Å². The molecule has 24 heavy (non-hydrogen) atoms. The lowest BCUT2D eigenvalue weighted by atomic mass is 10.3. The number of carbonyl (C=O) groups excluding carboxylic acids is 1. The van der Waals surface area contributed by atoms with E-state index in [4.69, 9.17) is 0 Å². The van der Waals surface area contributed by atoms with Crippen molar-refractivity contribution in [3.8, 4) is 0 Å². The third-order valence-corrected chi connectivity index (χ3v) is 4.38. The van der Waals surface area contributed by atoms with Crippen LogP contribution < -0.4 is 15.5 Å². The second-order valence-corrected chi connectivity index (χ2v) is 6.68. The number of aliphatic imine (C=N–C) groups is 1. The molecule has 0 bridgehead atoms. The second kappa shape index (κ2) is 10.1. The minimum absolute atomic E-state index is 0. The fraction of sp³-hybridized carbons (Fsp3) is 0.500. The van der Waals surface area contributed by atoms with Gasteiger partial charge in [0.1, 0.15) is 0 Å². The van der Waals surface area contributed by atoms with Gasteiger partial charge in [-0.2, -0.15) is 0 Å². The molecule has 1 atom stereocenters. The van der Waals surface area contributed by atoms with E-state index < -0.39 is 0 Å². The smallest absolute Gasteiger partial charge is 0.241 e. The molecule has 1 fully saturated rings. The van der Waals surface area contributed by atoms with Gasteiger partial charge in [0.25, 0.3) is 0 Å². The van der Waals surface area contributed by atoms with Crippen molar-refractivity contribution >= 4 is 57.5 Å². The van der Waals surface area contributed by atoms with Gasteiger partial charge >= 0.3 is 0 Å². The number of hydrogen-bond acceptors (Lipinski definition) is 3. The fourth-order valence-corrected chi connectivity index (χ4v) is 2.73. The van der Waals surface area contributed by atoms with Crippen molar-refractivity contribution in [3.05, 3.63) is 28.7 Å². The molecule has 1 saturated heterocycles. The van der Waals surface area contributed by atoms with Crippen LogP contribution in [0.1, 0.15) is 6.42 Å². The van der Waals surface area contributed by atoms with E-state index in [0.29, 0.717) is 12.0 Å². The number of anilines is 1. The van der Waals surface area contributed by atoms with Crippen LogP contribution in [0.2, 0.25) is 0 Å². The summed E-state index contributed by atoms with van der Waals surface area (Å²) in [6.45, 7) is 2.17. The van der Waals surface area contributed by atoms with Gasteiger partial charge < -0.3 is 20.4 Å². The molecule has 6 nitrogen and oxygen atoms in total. The summed E-state index contributed by atoms with van der Waals surface area (Å²) < 4.78 is 1.09. The molecule has 0 spiro atoms. The van der Waals surface area contributed by atoms with Crippen LogP contribution in [0, 0.1) is 0 Å². The number of nitrogens with one attached hydrogen (secondary N) is 2. The summed E-state index contributed by atoms with van der Waals surface area (Å²) in [6, 6.07) is 8.68. The van der Waals surface area contributed by atoms with E-state index in [1.165, 1.54) is 5.69 Å². The first-order valence-corrected chi connectivity index (χ1v) is 8.46. The quantitative estimate of drug-likeness (QED) is 0.370. The summed E-state index contributed by atoms with van der Waals surface area (Å²) in [6.07, 6.45) is 1.04. The van der Waals surface area contributed by atoms with Crippen LogP contribution in [-0.4, -0.2) is 63.6 Å². The molecule has 1 aliphatic rings. The zero-order chi connectivity index (χ0) is 16.8. The van der Waals surface area contributed by atoms with Crippen molar-refractivity contribution in [2.24, 2.45) is 4.99 Å². The SMILES string of the molecule is CN=C(NCC(=O)N(C)C)NC1CCN(c2ccc(Br)cc2)C1.I. The van der Waals surface area contributed by atoms with Crippen molar-refractivity contribution in [2.45, 2.75) is 12.5 Å². The number of nitrogens with zero attached hydrogens (tertiary/aromatic N) is 3. The molecule has 1 amide bonds.